The van der Waals surface area contributed by atoms with Gasteiger partial charge in [-0.25, -0.2) is 13.9 Å². The first-order valence-corrected chi connectivity index (χ1v) is 5.34. The summed E-state index contributed by atoms with van der Waals surface area (Å²) in [6, 6.07) is 3.92. The first-order valence-electron chi connectivity index (χ1n) is 4.56. The Morgan fingerprint density at radius 1 is 1.33 bits per heavy atom. The van der Waals surface area contributed by atoms with Crippen molar-refractivity contribution in [2.45, 2.75) is 6.92 Å². The van der Waals surface area contributed by atoms with Gasteiger partial charge in [-0.3, -0.25) is 0 Å². The molecule has 3 rings (SSSR count). The number of rotatable bonds is 1. The van der Waals surface area contributed by atoms with Crippen LogP contribution in [0.3, 0.4) is 0 Å². The van der Waals surface area contributed by atoms with Crippen LogP contribution in [-0.2, 0) is 0 Å². The Bertz CT molecular complexity index is 597. The van der Waals surface area contributed by atoms with E-state index in [4.69, 9.17) is 0 Å². The summed E-state index contributed by atoms with van der Waals surface area (Å²) in [5.74, 6) is 0. The van der Waals surface area contributed by atoms with Crippen molar-refractivity contribution in [1.29, 1.82) is 0 Å². The van der Waals surface area contributed by atoms with Crippen molar-refractivity contribution in [1.82, 2.24) is 19.0 Å². The van der Waals surface area contributed by atoms with E-state index in [9.17, 15) is 0 Å². The summed E-state index contributed by atoms with van der Waals surface area (Å²) < 4.78 is 5.85. The fourth-order valence-electron chi connectivity index (χ4n) is 1.47. The van der Waals surface area contributed by atoms with Crippen LogP contribution in [0.25, 0.3) is 16.2 Å². The van der Waals surface area contributed by atoms with E-state index in [0.29, 0.717) is 0 Å². The molecule has 0 aromatic carbocycles. The van der Waals surface area contributed by atoms with Gasteiger partial charge in [-0.05, 0) is 30.6 Å². The van der Waals surface area contributed by atoms with E-state index < -0.39 is 0 Å². The lowest BCUT2D eigenvalue weighted by Gasteiger charge is -1.97. The maximum absolute atomic E-state index is 4.55. The van der Waals surface area contributed by atoms with Crippen LogP contribution in [0.5, 0.6) is 0 Å². The second-order valence-corrected chi connectivity index (χ2v) is 4.12. The predicted molar refractivity (Wildman–Crippen MR) is 58.8 cm³/mol. The molecule has 15 heavy (non-hydrogen) atoms. The molecule has 4 nitrogen and oxygen atoms in total. The average Bonchev–Trinajstić information content (AvgIpc) is 2.88. The summed E-state index contributed by atoms with van der Waals surface area (Å²) in [5.41, 5.74) is 2.94. The zero-order chi connectivity index (χ0) is 10.3. The molecule has 0 unspecified atom stereocenters. The SMILES string of the molecule is Cc1cnn2ccc(-c3ccns3)nc12. The van der Waals surface area contributed by atoms with E-state index in [1.54, 1.807) is 10.7 Å². The summed E-state index contributed by atoms with van der Waals surface area (Å²) in [4.78, 5) is 5.63. The molecule has 0 aliphatic rings. The van der Waals surface area contributed by atoms with E-state index in [2.05, 4.69) is 14.5 Å². The lowest BCUT2D eigenvalue weighted by atomic mass is 10.3. The summed E-state index contributed by atoms with van der Waals surface area (Å²) >= 11 is 1.45. The summed E-state index contributed by atoms with van der Waals surface area (Å²) in [7, 11) is 0. The normalized spacial score (nSPS) is 11.0. The molecule has 3 aromatic rings. The highest BCUT2D eigenvalue weighted by atomic mass is 32.1. The van der Waals surface area contributed by atoms with Gasteiger partial charge in [0.15, 0.2) is 5.65 Å². The highest BCUT2D eigenvalue weighted by Crippen LogP contribution is 2.21. The minimum Gasteiger partial charge on any atom is -0.227 e. The molecular formula is C10H8N4S. The van der Waals surface area contributed by atoms with Gasteiger partial charge in [0.25, 0.3) is 0 Å². The number of aryl methyl sites for hydroxylation is 1. The van der Waals surface area contributed by atoms with Crippen molar-refractivity contribution >= 4 is 17.2 Å². The fraction of sp³-hybridized carbons (Fsp3) is 0.100. The van der Waals surface area contributed by atoms with Crippen LogP contribution < -0.4 is 0 Å². The van der Waals surface area contributed by atoms with Crippen LogP contribution >= 0.6 is 11.5 Å². The second kappa shape index (κ2) is 3.13. The van der Waals surface area contributed by atoms with Gasteiger partial charge < -0.3 is 0 Å². The third-order valence-electron chi connectivity index (χ3n) is 2.24. The van der Waals surface area contributed by atoms with Crippen LogP contribution in [0.2, 0.25) is 0 Å². The van der Waals surface area contributed by atoms with Gasteiger partial charge in [0, 0.05) is 18.0 Å². The van der Waals surface area contributed by atoms with Gasteiger partial charge >= 0.3 is 0 Å². The summed E-state index contributed by atoms with van der Waals surface area (Å²) in [6.45, 7) is 2.01. The molecule has 3 aromatic heterocycles. The molecule has 0 saturated carbocycles. The fourth-order valence-corrected chi connectivity index (χ4v) is 2.03. The monoisotopic (exact) mass is 216 g/mol. The van der Waals surface area contributed by atoms with Crippen LogP contribution in [0.15, 0.2) is 30.7 Å². The molecule has 0 radical (unpaired) electrons. The van der Waals surface area contributed by atoms with E-state index in [1.807, 2.05) is 31.5 Å². The smallest absolute Gasteiger partial charge is 0.158 e. The third kappa shape index (κ3) is 1.32. The van der Waals surface area contributed by atoms with Crippen LogP contribution in [-0.4, -0.2) is 19.0 Å². The van der Waals surface area contributed by atoms with Gasteiger partial charge in [-0.15, -0.1) is 0 Å². The van der Waals surface area contributed by atoms with Gasteiger partial charge in [-0.1, -0.05) is 0 Å². The largest absolute Gasteiger partial charge is 0.227 e. The van der Waals surface area contributed by atoms with Crippen LogP contribution in [0.4, 0.5) is 0 Å². The molecular weight excluding hydrogens is 208 g/mol. The molecule has 0 spiro atoms. The first-order chi connectivity index (χ1) is 7.34. The minimum atomic E-state index is 0.904. The third-order valence-corrected chi connectivity index (χ3v) is 3.00. The Labute approximate surface area is 90.4 Å². The van der Waals surface area contributed by atoms with E-state index in [1.165, 1.54) is 11.5 Å². The van der Waals surface area contributed by atoms with Crippen LogP contribution in [0, 0.1) is 6.92 Å². The number of fused-ring (bicyclic) bond motifs is 1. The predicted octanol–water partition coefficient (Wildman–Crippen LogP) is 2.16. The molecule has 5 heteroatoms. The van der Waals surface area contributed by atoms with Gasteiger partial charge in [0.1, 0.15) is 0 Å². The Morgan fingerprint density at radius 3 is 3.07 bits per heavy atom. The zero-order valence-electron chi connectivity index (χ0n) is 8.08. The van der Waals surface area contributed by atoms with Crippen molar-refractivity contribution < 1.29 is 0 Å². The number of hydrogen-bond donors (Lipinski definition) is 0. The lowest BCUT2D eigenvalue weighted by molar-refractivity contribution is 0.941. The van der Waals surface area contributed by atoms with E-state index in [-0.39, 0.29) is 0 Å². The van der Waals surface area contributed by atoms with Crippen molar-refractivity contribution in [2.75, 3.05) is 0 Å². The van der Waals surface area contributed by atoms with Crippen molar-refractivity contribution in [3.8, 4) is 10.6 Å². The van der Waals surface area contributed by atoms with Crippen molar-refractivity contribution in [2.24, 2.45) is 0 Å². The highest BCUT2D eigenvalue weighted by molar-refractivity contribution is 7.09. The zero-order valence-corrected chi connectivity index (χ0v) is 8.90. The molecule has 0 N–H and O–H groups in total. The van der Waals surface area contributed by atoms with Crippen molar-refractivity contribution in [3.63, 3.8) is 0 Å². The number of hydrogen-bond acceptors (Lipinski definition) is 4. The Kier molecular flexibility index (Phi) is 1.78. The molecule has 3 heterocycles. The molecule has 0 atom stereocenters. The summed E-state index contributed by atoms with van der Waals surface area (Å²) in [5, 5.41) is 4.18. The second-order valence-electron chi connectivity index (χ2n) is 3.29. The Balaban J connectivity index is 2.25. The standard InChI is InChI=1S/C10H8N4S/c1-7-6-11-14-5-3-8(13-10(7)14)9-2-4-12-15-9/h2-6H,1H3. The van der Waals surface area contributed by atoms with Gasteiger partial charge in [-0.2, -0.15) is 5.10 Å². The molecule has 0 bridgehead atoms. The number of aromatic nitrogens is 4. The molecule has 0 fully saturated rings. The summed E-state index contributed by atoms with van der Waals surface area (Å²) in [6.07, 6.45) is 5.53. The topological polar surface area (TPSA) is 43.1 Å². The quantitative estimate of drug-likeness (QED) is 0.626. The average molecular weight is 216 g/mol. The highest BCUT2D eigenvalue weighted by Gasteiger charge is 2.05. The first kappa shape index (κ1) is 8.55. The van der Waals surface area contributed by atoms with Gasteiger partial charge in [0.05, 0.1) is 16.8 Å². The molecule has 0 saturated heterocycles. The van der Waals surface area contributed by atoms with Crippen LogP contribution in [0.1, 0.15) is 5.56 Å². The maximum Gasteiger partial charge on any atom is 0.158 e. The number of nitrogens with zero attached hydrogens (tertiary/aromatic N) is 4. The Morgan fingerprint density at radius 2 is 2.27 bits per heavy atom. The maximum atomic E-state index is 4.55. The van der Waals surface area contributed by atoms with Gasteiger partial charge in [0.2, 0.25) is 0 Å². The Hall–Kier alpha value is -1.75. The molecule has 74 valence electrons. The van der Waals surface area contributed by atoms with E-state index in [0.717, 1.165) is 21.8 Å². The van der Waals surface area contributed by atoms with Crippen molar-refractivity contribution in [3.05, 3.63) is 36.3 Å². The molecule has 0 aliphatic carbocycles. The molecule has 0 amide bonds. The minimum absolute atomic E-state index is 0.904. The molecule has 0 aliphatic heterocycles. The van der Waals surface area contributed by atoms with E-state index >= 15 is 0 Å². The lowest BCUT2D eigenvalue weighted by Crippen LogP contribution is -1.91.